The summed E-state index contributed by atoms with van der Waals surface area (Å²) in [6.45, 7) is 4.07. The van der Waals surface area contributed by atoms with Gasteiger partial charge in [0, 0.05) is 16.7 Å². The molecule has 0 fully saturated rings. The van der Waals surface area contributed by atoms with Crippen molar-refractivity contribution in [2.45, 2.75) is 30.8 Å². The summed E-state index contributed by atoms with van der Waals surface area (Å²) in [5.41, 5.74) is 1.76. The molecule has 0 unspecified atom stereocenters. The zero-order valence-corrected chi connectivity index (χ0v) is 13.7. The first-order valence-electron chi connectivity index (χ1n) is 6.75. The zero-order valence-electron chi connectivity index (χ0n) is 12.1. The van der Waals surface area contributed by atoms with Gasteiger partial charge in [-0.05, 0) is 36.4 Å². The Balaban J connectivity index is 1.69. The third kappa shape index (κ3) is 3.31. The van der Waals surface area contributed by atoms with E-state index in [2.05, 4.69) is 20.7 Å². The van der Waals surface area contributed by atoms with Crippen LogP contribution >= 0.6 is 23.4 Å². The molecule has 2 aromatic heterocycles. The Morgan fingerprint density at radius 3 is 2.77 bits per heavy atom. The highest BCUT2D eigenvalue weighted by molar-refractivity contribution is 7.98. The van der Waals surface area contributed by atoms with Crippen LogP contribution < -0.4 is 0 Å². The summed E-state index contributed by atoms with van der Waals surface area (Å²) in [5, 5.41) is 17.2. The molecule has 3 rings (SSSR count). The van der Waals surface area contributed by atoms with Crippen molar-refractivity contribution in [2.75, 3.05) is 0 Å². The number of rotatable bonds is 5. The van der Waals surface area contributed by atoms with Crippen molar-refractivity contribution in [1.82, 2.24) is 25.4 Å². The lowest BCUT2D eigenvalue weighted by Gasteiger charge is -2.05. The number of thioether (sulfide) groups is 1. The minimum absolute atomic E-state index is 0.219. The molecule has 8 heteroatoms. The molecule has 0 bridgehead atoms. The van der Waals surface area contributed by atoms with E-state index in [0.717, 1.165) is 22.2 Å². The molecular weight excluding hydrogens is 322 g/mol. The topological polar surface area (TPSA) is 69.6 Å². The lowest BCUT2D eigenvalue weighted by molar-refractivity contribution is 0.397. The SMILES string of the molecule is CC(C)n1nnnc1SCc1cc(-c2ccc(Cl)cc2)no1. The maximum absolute atomic E-state index is 5.88. The van der Waals surface area contributed by atoms with E-state index in [0.29, 0.717) is 10.8 Å². The molecule has 0 atom stereocenters. The summed E-state index contributed by atoms with van der Waals surface area (Å²) in [7, 11) is 0. The van der Waals surface area contributed by atoms with Crippen molar-refractivity contribution >= 4 is 23.4 Å². The molecule has 22 heavy (non-hydrogen) atoms. The van der Waals surface area contributed by atoms with Gasteiger partial charge in [-0.25, -0.2) is 4.68 Å². The van der Waals surface area contributed by atoms with Gasteiger partial charge in [-0.15, -0.1) is 5.10 Å². The Bertz CT molecular complexity index is 753. The standard InChI is InChI=1S/C14H14ClN5OS/c1-9(2)20-14(16-18-19-20)22-8-12-7-13(17-21-12)10-3-5-11(15)6-4-10/h3-7,9H,8H2,1-2H3. The number of halogens is 1. The van der Waals surface area contributed by atoms with Gasteiger partial charge >= 0.3 is 0 Å². The van der Waals surface area contributed by atoms with Crippen LogP contribution in [0.2, 0.25) is 5.02 Å². The van der Waals surface area contributed by atoms with Crippen molar-refractivity contribution in [3.63, 3.8) is 0 Å². The number of hydrogen-bond acceptors (Lipinski definition) is 6. The average molecular weight is 336 g/mol. The van der Waals surface area contributed by atoms with Crippen LogP contribution in [0, 0.1) is 0 Å². The second-order valence-corrected chi connectivity index (χ2v) is 6.35. The van der Waals surface area contributed by atoms with Crippen molar-refractivity contribution < 1.29 is 4.52 Å². The van der Waals surface area contributed by atoms with Crippen molar-refractivity contribution in [3.05, 3.63) is 41.1 Å². The third-order valence-electron chi connectivity index (χ3n) is 2.99. The fourth-order valence-electron chi connectivity index (χ4n) is 1.88. The molecule has 0 aliphatic heterocycles. The Morgan fingerprint density at radius 1 is 1.27 bits per heavy atom. The van der Waals surface area contributed by atoms with Crippen LogP contribution in [-0.4, -0.2) is 25.4 Å². The molecule has 6 nitrogen and oxygen atoms in total. The first kappa shape index (κ1) is 15.1. The highest BCUT2D eigenvalue weighted by Gasteiger charge is 2.12. The lowest BCUT2D eigenvalue weighted by atomic mass is 10.1. The maximum atomic E-state index is 5.88. The van der Waals surface area contributed by atoms with E-state index < -0.39 is 0 Å². The van der Waals surface area contributed by atoms with E-state index in [1.54, 1.807) is 4.68 Å². The molecule has 2 heterocycles. The van der Waals surface area contributed by atoms with Crippen molar-refractivity contribution in [3.8, 4) is 11.3 Å². The Hall–Kier alpha value is -1.86. The monoisotopic (exact) mass is 335 g/mol. The fraction of sp³-hybridized carbons (Fsp3) is 0.286. The minimum atomic E-state index is 0.219. The molecule has 0 amide bonds. The van der Waals surface area contributed by atoms with Crippen molar-refractivity contribution in [2.24, 2.45) is 0 Å². The summed E-state index contributed by atoms with van der Waals surface area (Å²) in [6.07, 6.45) is 0. The molecule has 0 radical (unpaired) electrons. The first-order valence-corrected chi connectivity index (χ1v) is 8.12. The number of nitrogens with zero attached hydrogens (tertiary/aromatic N) is 5. The quantitative estimate of drug-likeness (QED) is 0.659. The van der Waals surface area contributed by atoms with E-state index in [9.17, 15) is 0 Å². The number of hydrogen-bond donors (Lipinski definition) is 0. The molecule has 0 saturated carbocycles. The predicted molar refractivity (Wildman–Crippen MR) is 84.7 cm³/mol. The van der Waals surface area contributed by atoms with Crippen LogP contribution in [0.25, 0.3) is 11.3 Å². The second-order valence-electron chi connectivity index (χ2n) is 4.97. The Kier molecular flexibility index (Phi) is 4.44. The van der Waals surface area contributed by atoms with Gasteiger partial charge in [-0.3, -0.25) is 0 Å². The largest absolute Gasteiger partial charge is 0.360 e. The predicted octanol–water partition coefficient (Wildman–Crippen LogP) is 3.85. The van der Waals surface area contributed by atoms with E-state index in [1.165, 1.54) is 11.8 Å². The van der Waals surface area contributed by atoms with E-state index in [1.807, 2.05) is 44.2 Å². The molecule has 0 aliphatic rings. The summed E-state index contributed by atoms with van der Waals surface area (Å²) in [4.78, 5) is 0. The van der Waals surface area contributed by atoms with E-state index >= 15 is 0 Å². The van der Waals surface area contributed by atoms with Crippen LogP contribution in [0.15, 0.2) is 40.0 Å². The van der Waals surface area contributed by atoms with Gasteiger partial charge < -0.3 is 4.52 Å². The Labute approximate surface area is 136 Å². The van der Waals surface area contributed by atoms with Gasteiger partial charge in [-0.2, -0.15) is 0 Å². The number of tetrazole rings is 1. The average Bonchev–Trinajstić information content (AvgIpc) is 3.15. The third-order valence-corrected chi connectivity index (χ3v) is 4.20. The molecule has 3 aromatic rings. The molecular formula is C14H14ClN5OS. The van der Waals surface area contributed by atoms with Gasteiger partial charge in [0.05, 0.1) is 11.8 Å². The summed E-state index contributed by atoms with van der Waals surface area (Å²) in [6, 6.07) is 9.62. The lowest BCUT2D eigenvalue weighted by Crippen LogP contribution is -2.04. The maximum Gasteiger partial charge on any atom is 0.209 e. The molecule has 0 aliphatic carbocycles. The molecule has 0 spiro atoms. The number of benzene rings is 1. The van der Waals surface area contributed by atoms with Gasteiger partial charge in [0.2, 0.25) is 5.16 Å². The van der Waals surface area contributed by atoms with Gasteiger partial charge in [0.25, 0.3) is 0 Å². The zero-order chi connectivity index (χ0) is 15.5. The van der Waals surface area contributed by atoms with Crippen LogP contribution in [0.1, 0.15) is 25.6 Å². The highest BCUT2D eigenvalue weighted by Crippen LogP contribution is 2.26. The normalized spacial score (nSPS) is 11.3. The van der Waals surface area contributed by atoms with Crippen molar-refractivity contribution in [1.29, 1.82) is 0 Å². The molecule has 114 valence electrons. The second kappa shape index (κ2) is 6.50. The van der Waals surface area contributed by atoms with Crippen LogP contribution in [0.5, 0.6) is 0 Å². The number of aromatic nitrogens is 5. The van der Waals surface area contributed by atoms with Gasteiger partial charge in [0.15, 0.2) is 0 Å². The fourth-order valence-corrected chi connectivity index (χ4v) is 2.89. The smallest absolute Gasteiger partial charge is 0.209 e. The molecule has 0 saturated heterocycles. The van der Waals surface area contributed by atoms with Crippen LogP contribution in [-0.2, 0) is 5.75 Å². The van der Waals surface area contributed by atoms with Gasteiger partial charge in [0.1, 0.15) is 11.5 Å². The Morgan fingerprint density at radius 2 is 2.05 bits per heavy atom. The van der Waals surface area contributed by atoms with E-state index in [4.69, 9.17) is 16.1 Å². The summed E-state index contributed by atoms with van der Waals surface area (Å²) in [5.74, 6) is 1.39. The minimum Gasteiger partial charge on any atom is -0.360 e. The summed E-state index contributed by atoms with van der Waals surface area (Å²) >= 11 is 7.40. The highest BCUT2D eigenvalue weighted by atomic mass is 35.5. The van der Waals surface area contributed by atoms with E-state index in [-0.39, 0.29) is 6.04 Å². The van der Waals surface area contributed by atoms with Crippen LogP contribution in [0.3, 0.4) is 0 Å². The molecule has 0 N–H and O–H groups in total. The first-order chi connectivity index (χ1) is 10.6. The summed E-state index contributed by atoms with van der Waals surface area (Å²) < 4.78 is 7.15. The molecule has 1 aromatic carbocycles. The van der Waals surface area contributed by atoms with Gasteiger partial charge in [-0.1, -0.05) is 40.7 Å². The van der Waals surface area contributed by atoms with Crippen LogP contribution in [0.4, 0.5) is 0 Å².